The van der Waals surface area contributed by atoms with Crippen molar-refractivity contribution in [1.29, 1.82) is 0 Å². The van der Waals surface area contributed by atoms with Gasteiger partial charge in [-0.05, 0) is 18.6 Å². The van der Waals surface area contributed by atoms with Crippen LogP contribution < -0.4 is 5.32 Å². The predicted molar refractivity (Wildman–Crippen MR) is 73.2 cm³/mol. The molecule has 0 aliphatic heterocycles. The maximum atomic E-state index is 9.81. The van der Waals surface area contributed by atoms with Crippen LogP contribution in [-0.4, -0.2) is 32.0 Å². The number of hydrogen-bond acceptors (Lipinski definition) is 4. The van der Waals surface area contributed by atoms with Gasteiger partial charge in [0, 0.05) is 11.5 Å². The Morgan fingerprint density at radius 1 is 1.37 bits per heavy atom. The summed E-state index contributed by atoms with van der Waals surface area (Å²) in [5.41, 5.74) is 1.88. The van der Waals surface area contributed by atoms with Crippen molar-refractivity contribution in [2.24, 2.45) is 5.41 Å². The first kappa shape index (κ1) is 12.2. The maximum Gasteiger partial charge on any atom is 0.138 e. The van der Waals surface area contributed by atoms with Crippen LogP contribution in [0.4, 0.5) is 5.69 Å². The molecule has 2 atom stereocenters. The lowest BCUT2D eigenvalue weighted by atomic mass is 9.64. The van der Waals surface area contributed by atoms with Gasteiger partial charge in [0.25, 0.3) is 0 Å². The lowest BCUT2D eigenvalue weighted by Crippen LogP contribution is -2.57. The molecule has 1 aliphatic rings. The molecule has 100 valence electrons. The third-order valence-electron chi connectivity index (χ3n) is 4.12. The number of hydrogen-bond donors (Lipinski definition) is 2. The summed E-state index contributed by atoms with van der Waals surface area (Å²) >= 11 is 0. The lowest BCUT2D eigenvalue weighted by Gasteiger charge is -2.50. The summed E-state index contributed by atoms with van der Waals surface area (Å²) in [7, 11) is 0. The Morgan fingerprint density at radius 2 is 2.16 bits per heavy atom. The molecule has 0 amide bonds. The number of aliphatic hydroxyl groups excluding tert-OH is 1. The highest BCUT2D eigenvalue weighted by molar-refractivity contribution is 5.61. The Kier molecular flexibility index (Phi) is 2.78. The zero-order valence-corrected chi connectivity index (χ0v) is 11.1. The van der Waals surface area contributed by atoms with Gasteiger partial charge < -0.3 is 10.4 Å². The molecule has 5 heteroatoms. The lowest BCUT2D eigenvalue weighted by molar-refractivity contribution is -0.0510. The molecule has 1 aromatic carbocycles. The van der Waals surface area contributed by atoms with Gasteiger partial charge in [-0.1, -0.05) is 26.0 Å². The van der Waals surface area contributed by atoms with Gasteiger partial charge in [-0.2, -0.15) is 5.10 Å². The topological polar surface area (TPSA) is 63.0 Å². The Hall–Kier alpha value is -1.88. The summed E-state index contributed by atoms with van der Waals surface area (Å²) < 4.78 is 1.74. The highest BCUT2D eigenvalue weighted by Gasteiger charge is 2.47. The zero-order chi connectivity index (χ0) is 13.5. The summed E-state index contributed by atoms with van der Waals surface area (Å²) in [5, 5.41) is 17.5. The monoisotopic (exact) mass is 258 g/mol. The molecule has 1 fully saturated rings. The van der Waals surface area contributed by atoms with Gasteiger partial charge in [0.05, 0.1) is 17.5 Å². The van der Waals surface area contributed by atoms with E-state index < -0.39 is 0 Å². The molecule has 2 unspecified atom stereocenters. The number of aromatic nitrogens is 3. The van der Waals surface area contributed by atoms with Crippen molar-refractivity contribution in [3.63, 3.8) is 0 Å². The number of nitrogens with zero attached hydrogens (tertiary/aromatic N) is 3. The first-order chi connectivity index (χ1) is 9.09. The number of aliphatic hydroxyl groups is 1. The molecule has 2 N–H and O–H groups in total. The second kappa shape index (κ2) is 4.35. The van der Waals surface area contributed by atoms with Crippen LogP contribution in [0.3, 0.4) is 0 Å². The number of anilines is 1. The Bertz CT molecular complexity index is 565. The Labute approximate surface area is 112 Å². The molecule has 3 rings (SSSR count). The summed E-state index contributed by atoms with van der Waals surface area (Å²) in [6.45, 7) is 4.16. The third kappa shape index (κ3) is 2.00. The molecular formula is C14H18N4O. The van der Waals surface area contributed by atoms with E-state index in [1.807, 2.05) is 24.3 Å². The fourth-order valence-corrected chi connectivity index (χ4v) is 2.46. The highest BCUT2D eigenvalue weighted by atomic mass is 16.3. The number of benzene rings is 1. The van der Waals surface area contributed by atoms with Crippen molar-refractivity contribution >= 4 is 5.69 Å². The molecule has 0 radical (unpaired) electrons. The van der Waals surface area contributed by atoms with Gasteiger partial charge in [-0.15, -0.1) is 0 Å². The van der Waals surface area contributed by atoms with E-state index in [1.165, 1.54) is 6.33 Å². The van der Waals surface area contributed by atoms with E-state index in [0.717, 1.165) is 17.8 Å². The Balaban J connectivity index is 1.87. The van der Waals surface area contributed by atoms with E-state index in [9.17, 15) is 5.11 Å². The molecule has 1 aliphatic carbocycles. The van der Waals surface area contributed by atoms with Crippen molar-refractivity contribution in [2.75, 3.05) is 5.32 Å². The smallest absolute Gasteiger partial charge is 0.138 e. The summed E-state index contributed by atoms with van der Waals surface area (Å²) in [4.78, 5) is 3.98. The zero-order valence-electron chi connectivity index (χ0n) is 11.1. The molecular weight excluding hydrogens is 240 g/mol. The van der Waals surface area contributed by atoms with E-state index in [2.05, 4.69) is 29.2 Å². The minimum Gasteiger partial charge on any atom is -0.392 e. The highest BCUT2D eigenvalue weighted by Crippen LogP contribution is 2.42. The van der Waals surface area contributed by atoms with Crippen molar-refractivity contribution < 1.29 is 5.11 Å². The van der Waals surface area contributed by atoms with Crippen LogP contribution in [0, 0.1) is 5.41 Å². The molecule has 19 heavy (non-hydrogen) atoms. The first-order valence-corrected chi connectivity index (χ1v) is 6.47. The second-order valence-electron chi connectivity index (χ2n) is 5.63. The molecule has 0 bridgehead atoms. The van der Waals surface area contributed by atoms with E-state index in [4.69, 9.17) is 0 Å². The van der Waals surface area contributed by atoms with Crippen LogP contribution in [0.5, 0.6) is 0 Å². The number of para-hydroxylation sites is 2. The minimum absolute atomic E-state index is 0.102. The van der Waals surface area contributed by atoms with Crippen LogP contribution in [0.15, 0.2) is 36.9 Å². The van der Waals surface area contributed by atoms with E-state index in [0.29, 0.717) is 0 Å². The minimum atomic E-state index is -0.233. The molecule has 1 saturated carbocycles. The van der Waals surface area contributed by atoms with E-state index in [1.54, 1.807) is 11.0 Å². The largest absolute Gasteiger partial charge is 0.392 e. The predicted octanol–water partition coefficient (Wildman–Crippen LogP) is 1.84. The van der Waals surface area contributed by atoms with Gasteiger partial charge in [0.2, 0.25) is 0 Å². The van der Waals surface area contributed by atoms with Crippen LogP contribution in [0.25, 0.3) is 5.69 Å². The van der Waals surface area contributed by atoms with E-state index in [-0.39, 0.29) is 17.6 Å². The standard InChI is InChI=1S/C14H18N4O/c1-14(2)12(7-13(14)19)17-10-5-3-4-6-11(10)18-9-15-8-16-18/h3-6,8-9,12-13,17,19H,7H2,1-2H3. The molecule has 1 aromatic heterocycles. The van der Waals surface area contributed by atoms with Crippen LogP contribution >= 0.6 is 0 Å². The molecule has 0 spiro atoms. The van der Waals surface area contributed by atoms with Crippen molar-refractivity contribution in [3.05, 3.63) is 36.9 Å². The fraction of sp³-hybridized carbons (Fsp3) is 0.429. The van der Waals surface area contributed by atoms with Crippen molar-refractivity contribution in [2.45, 2.75) is 32.4 Å². The maximum absolute atomic E-state index is 9.81. The normalized spacial score (nSPS) is 24.8. The average molecular weight is 258 g/mol. The van der Waals surface area contributed by atoms with Crippen LogP contribution in [-0.2, 0) is 0 Å². The van der Waals surface area contributed by atoms with Gasteiger partial charge >= 0.3 is 0 Å². The average Bonchev–Trinajstić information content (AvgIpc) is 2.93. The molecule has 5 nitrogen and oxygen atoms in total. The van der Waals surface area contributed by atoms with E-state index >= 15 is 0 Å². The third-order valence-corrected chi connectivity index (χ3v) is 4.12. The van der Waals surface area contributed by atoms with Gasteiger partial charge in [-0.25, -0.2) is 9.67 Å². The van der Waals surface area contributed by atoms with Gasteiger partial charge in [0.1, 0.15) is 12.7 Å². The number of rotatable bonds is 3. The van der Waals surface area contributed by atoms with Gasteiger partial charge in [0.15, 0.2) is 0 Å². The first-order valence-electron chi connectivity index (χ1n) is 6.47. The second-order valence-corrected chi connectivity index (χ2v) is 5.63. The number of nitrogens with one attached hydrogen (secondary N) is 1. The molecule has 1 heterocycles. The molecule has 2 aromatic rings. The van der Waals surface area contributed by atoms with Crippen molar-refractivity contribution in [1.82, 2.24) is 14.8 Å². The van der Waals surface area contributed by atoms with Crippen molar-refractivity contribution in [3.8, 4) is 5.69 Å². The Morgan fingerprint density at radius 3 is 2.79 bits per heavy atom. The quantitative estimate of drug-likeness (QED) is 0.881. The summed E-state index contributed by atoms with van der Waals surface area (Å²) in [5.74, 6) is 0. The van der Waals surface area contributed by atoms with Crippen LogP contribution in [0.2, 0.25) is 0 Å². The van der Waals surface area contributed by atoms with Gasteiger partial charge in [-0.3, -0.25) is 0 Å². The van der Waals surface area contributed by atoms with Crippen LogP contribution in [0.1, 0.15) is 20.3 Å². The fourth-order valence-electron chi connectivity index (χ4n) is 2.46. The SMILES string of the molecule is CC1(C)C(O)CC1Nc1ccccc1-n1cncn1. The molecule has 0 saturated heterocycles. The summed E-state index contributed by atoms with van der Waals surface area (Å²) in [6.07, 6.45) is 3.75. The summed E-state index contributed by atoms with van der Waals surface area (Å²) in [6, 6.07) is 8.26.